The SMILES string of the molecule is [B]c1cccc2oc3cccnc3c12.[Ir].[c-]1ccccc1-c1ccccn1. The van der Waals surface area contributed by atoms with Crippen LogP contribution in [-0.2, 0) is 20.1 Å². The van der Waals surface area contributed by atoms with E-state index in [0.717, 1.165) is 33.3 Å². The Morgan fingerprint density at radius 3 is 2.37 bits per heavy atom. The van der Waals surface area contributed by atoms with Gasteiger partial charge in [0.15, 0.2) is 5.58 Å². The van der Waals surface area contributed by atoms with Crippen molar-refractivity contribution in [2.24, 2.45) is 0 Å². The molecule has 5 aromatic rings. The molecule has 5 heteroatoms. The molecule has 0 aliphatic rings. The molecule has 0 unspecified atom stereocenters. The zero-order valence-corrected chi connectivity index (χ0v) is 16.7. The Kier molecular flexibility index (Phi) is 6.18. The molecule has 0 spiro atoms. The van der Waals surface area contributed by atoms with Crippen molar-refractivity contribution in [3.05, 3.63) is 91.3 Å². The number of hydrogen-bond acceptors (Lipinski definition) is 3. The molecule has 0 aliphatic carbocycles. The fraction of sp³-hybridized carbons (Fsp3) is 0. The molecule has 27 heavy (non-hydrogen) atoms. The molecular weight excluding hydrogens is 511 g/mol. The smallest absolute Gasteiger partial charge is 0.153 e. The summed E-state index contributed by atoms with van der Waals surface area (Å²) in [6.45, 7) is 0. The minimum absolute atomic E-state index is 0. The molecule has 131 valence electrons. The molecular formula is C22H14BIrN2O-. The average molecular weight is 525 g/mol. The molecule has 0 atom stereocenters. The second-order valence-electron chi connectivity index (χ2n) is 5.66. The van der Waals surface area contributed by atoms with Gasteiger partial charge in [-0.15, -0.1) is 35.9 Å². The van der Waals surface area contributed by atoms with Crippen LogP contribution in [-0.4, -0.2) is 17.8 Å². The van der Waals surface area contributed by atoms with E-state index in [1.807, 2.05) is 72.8 Å². The molecule has 0 saturated carbocycles. The minimum atomic E-state index is 0. The molecule has 3 aromatic heterocycles. The number of aromatic nitrogens is 2. The van der Waals surface area contributed by atoms with Crippen molar-refractivity contribution in [3.63, 3.8) is 0 Å². The standard InChI is InChI=1S/C11H6BNO.C11H8N.Ir/c12-7-3-1-4-8-10(7)11-9(14-8)5-2-6-13-11;1-2-6-10(7-3-1)11-8-4-5-9-12-11;/h1-6H;1-6,8-9H;/q;-1;. The molecule has 3 radical (unpaired) electrons. The number of nitrogens with zero attached hydrogens (tertiary/aromatic N) is 2. The molecule has 0 N–H and O–H groups in total. The predicted octanol–water partition coefficient (Wildman–Crippen LogP) is 4.32. The van der Waals surface area contributed by atoms with E-state index < -0.39 is 0 Å². The van der Waals surface area contributed by atoms with E-state index in [1.165, 1.54) is 0 Å². The number of benzene rings is 2. The van der Waals surface area contributed by atoms with Gasteiger partial charge in [-0.2, -0.15) is 0 Å². The third-order valence-corrected chi connectivity index (χ3v) is 3.94. The Hall–Kier alpha value is -2.75. The number of hydrogen-bond donors (Lipinski definition) is 0. The van der Waals surface area contributed by atoms with E-state index in [2.05, 4.69) is 16.0 Å². The Morgan fingerprint density at radius 2 is 1.59 bits per heavy atom. The first-order valence-corrected chi connectivity index (χ1v) is 8.23. The van der Waals surface area contributed by atoms with Gasteiger partial charge >= 0.3 is 0 Å². The van der Waals surface area contributed by atoms with Crippen molar-refractivity contribution in [2.75, 3.05) is 0 Å². The third kappa shape index (κ3) is 4.16. The van der Waals surface area contributed by atoms with Gasteiger partial charge in [0.2, 0.25) is 0 Å². The second kappa shape index (κ2) is 8.76. The molecule has 0 fully saturated rings. The van der Waals surface area contributed by atoms with E-state index in [0.29, 0.717) is 5.46 Å². The maximum atomic E-state index is 5.87. The van der Waals surface area contributed by atoms with Gasteiger partial charge in [0, 0.05) is 37.9 Å². The average Bonchev–Trinajstić information content (AvgIpc) is 3.10. The van der Waals surface area contributed by atoms with Gasteiger partial charge < -0.3 is 9.40 Å². The molecule has 3 heterocycles. The van der Waals surface area contributed by atoms with Crippen LogP contribution in [0.4, 0.5) is 0 Å². The molecule has 0 bridgehead atoms. The molecule has 0 amide bonds. The number of rotatable bonds is 1. The first kappa shape index (κ1) is 19.0. The number of pyridine rings is 2. The van der Waals surface area contributed by atoms with Crippen LogP contribution in [0.2, 0.25) is 0 Å². The topological polar surface area (TPSA) is 38.9 Å². The van der Waals surface area contributed by atoms with Crippen molar-refractivity contribution in [2.45, 2.75) is 0 Å². The van der Waals surface area contributed by atoms with Gasteiger partial charge in [0.25, 0.3) is 0 Å². The monoisotopic (exact) mass is 526 g/mol. The van der Waals surface area contributed by atoms with Crippen molar-refractivity contribution in [3.8, 4) is 11.3 Å². The summed E-state index contributed by atoms with van der Waals surface area (Å²) in [5.74, 6) is 0. The molecule has 3 nitrogen and oxygen atoms in total. The Morgan fingerprint density at radius 1 is 0.778 bits per heavy atom. The van der Waals surface area contributed by atoms with Gasteiger partial charge in [-0.25, -0.2) is 0 Å². The van der Waals surface area contributed by atoms with Crippen LogP contribution in [0.1, 0.15) is 0 Å². The summed E-state index contributed by atoms with van der Waals surface area (Å²) < 4.78 is 5.59. The van der Waals surface area contributed by atoms with Crippen LogP contribution in [0.5, 0.6) is 0 Å². The van der Waals surface area contributed by atoms with Crippen LogP contribution in [0.15, 0.2) is 89.6 Å². The second-order valence-corrected chi connectivity index (χ2v) is 5.66. The summed E-state index contributed by atoms with van der Waals surface area (Å²) in [5, 5.41) is 0.906. The first-order chi connectivity index (χ1) is 12.8. The van der Waals surface area contributed by atoms with E-state index in [9.17, 15) is 0 Å². The van der Waals surface area contributed by atoms with Crippen molar-refractivity contribution in [1.82, 2.24) is 9.97 Å². The van der Waals surface area contributed by atoms with E-state index >= 15 is 0 Å². The zero-order chi connectivity index (χ0) is 17.8. The largest absolute Gasteiger partial charge is 0.454 e. The molecule has 2 aromatic carbocycles. The van der Waals surface area contributed by atoms with E-state index in [1.54, 1.807) is 12.4 Å². The van der Waals surface area contributed by atoms with Gasteiger partial charge in [0.1, 0.15) is 18.9 Å². The Bertz CT molecular complexity index is 1110. The fourth-order valence-corrected chi connectivity index (χ4v) is 2.74. The minimum Gasteiger partial charge on any atom is -0.454 e. The molecule has 0 saturated heterocycles. The zero-order valence-electron chi connectivity index (χ0n) is 14.3. The van der Waals surface area contributed by atoms with Crippen molar-refractivity contribution < 1.29 is 24.5 Å². The van der Waals surface area contributed by atoms with Crippen LogP contribution in [0.25, 0.3) is 33.3 Å². The summed E-state index contributed by atoms with van der Waals surface area (Å²) in [7, 11) is 5.87. The normalized spacial score (nSPS) is 10.1. The summed E-state index contributed by atoms with van der Waals surface area (Å²) in [4.78, 5) is 8.47. The maximum absolute atomic E-state index is 5.87. The van der Waals surface area contributed by atoms with Gasteiger partial charge in [-0.05, 0) is 30.0 Å². The van der Waals surface area contributed by atoms with Crippen LogP contribution >= 0.6 is 0 Å². The Balaban J connectivity index is 0.000000152. The summed E-state index contributed by atoms with van der Waals surface area (Å²) in [5.41, 5.74) is 5.12. The van der Waals surface area contributed by atoms with E-state index in [4.69, 9.17) is 12.3 Å². The summed E-state index contributed by atoms with van der Waals surface area (Å²) >= 11 is 0. The van der Waals surface area contributed by atoms with Crippen molar-refractivity contribution in [1.29, 1.82) is 0 Å². The van der Waals surface area contributed by atoms with Gasteiger partial charge in [0.05, 0.1) is 0 Å². The number of fused-ring (bicyclic) bond motifs is 3. The van der Waals surface area contributed by atoms with Crippen molar-refractivity contribution >= 4 is 35.4 Å². The van der Waals surface area contributed by atoms with E-state index in [-0.39, 0.29) is 20.1 Å². The van der Waals surface area contributed by atoms with Crippen LogP contribution in [0, 0.1) is 6.07 Å². The third-order valence-electron chi connectivity index (χ3n) is 3.94. The molecule has 5 rings (SSSR count). The first-order valence-electron chi connectivity index (χ1n) is 8.23. The van der Waals surface area contributed by atoms with Crippen LogP contribution in [0.3, 0.4) is 0 Å². The summed E-state index contributed by atoms with van der Waals surface area (Å²) in [6.07, 6.45) is 3.53. The van der Waals surface area contributed by atoms with Gasteiger partial charge in [-0.3, -0.25) is 4.98 Å². The summed E-state index contributed by atoms with van der Waals surface area (Å²) in [6, 6.07) is 26.2. The fourth-order valence-electron chi connectivity index (χ4n) is 2.74. The van der Waals surface area contributed by atoms with Gasteiger partial charge in [-0.1, -0.05) is 29.7 Å². The predicted molar refractivity (Wildman–Crippen MR) is 105 cm³/mol. The number of furan rings is 1. The Labute approximate surface area is 172 Å². The molecule has 0 aliphatic heterocycles. The quantitative estimate of drug-likeness (QED) is 0.242. The maximum Gasteiger partial charge on any atom is 0.153 e. The van der Waals surface area contributed by atoms with Crippen LogP contribution < -0.4 is 5.46 Å².